The first-order chi connectivity index (χ1) is 8.85. The number of ether oxygens (including phenoxy) is 1. The quantitative estimate of drug-likeness (QED) is 0.759. The Morgan fingerprint density at radius 3 is 3.00 bits per heavy atom. The molecule has 2 atom stereocenters. The Kier molecular flexibility index (Phi) is 5.67. The fourth-order valence-electron chi connectivity index (χ4n) is 3.09. The summed E-state index contributed by atoms with van der Waals surface area (Å²) in [4.78, 5) is 2.50. The molecule has 1 aliphatic heterocycles. The molecule has 1 saturated heterocycles. The molecule has 1 N–H and O–H groups in total. The van der Waals surface area contributed by atoms with Gasteiger partial charge in [-0.25, -0.2) is 0 Å². The van der Waals surface area contributed by atoms with Gasteiger partial charge in [0.1, 0.15) is 0 Å². The van der Waals surface area contributed by atoms with Gasteiger partial charge in [-0.15, -0.1) is 0 Å². The van der Waals surface area contributed by atoms with Gasteiger partial charge in [0.05, 0.1) is 18.8 Å². The zero-order chi connectivity index (χ0) is 12.8. The van der Waals surface area contributed by atoms with Crippen molar-refractivity contribution in [3.63, 3.8) is 0 Å². The van der Waals surface area contributed by atoms with Crippen molar-refractivity contribution in [2.24, 2.45) is 0 Å². The molecular formula is C15H28N2O. The maximum absolute atomic E-state index is 6.03. The largest absolute Gasteiger partial charge is 0.374 e. The van der Waals surface area contributed by atoms with Crippen molar-refractivity contribution in [3.8, 4) is 0 Å². The van der Waals surface area contributed by atoms with E-state index in [9.17, 15) is 0 Å². The summed E-state index contributed by atoms with van der Waals surface area (Å²) in [7, 11) is 0. The third-order valence-electron chi connectivity index (χ3n) is 4.15. The number of hydrogen-bond acceptors (Lipinski definition) is 3. The van der Waals surface area contributed by atoms with Crippen LogP contribution in [-0.4, -0.2) is 49.8 Å². The summed E-state index contributed by atoms with van der Waals surface area (Å²) in [6.45, 7) is 9.64. The lowest BCUT2D eigenvalue weighted by atomic mass is 9.90. The van der Waals surface area contributed by atoms with Crippen LogP contribution in [-0.2, 0) is 4.74 Å². The highest BCUT2D eigenvalue weighted by Gasteiger charge is 2.29. The third-order valence-corrected chi connectivity index (χ3v) is 4.15. The molecule has 2 rings (SSSR count). The molecule has 3 nitrogen and oxygen atoms in total. The van der Waals surface area contributed by atoms with Crippen LogP contribution in [0.25, 0.3) is 0 Å². The van der Waals surface area contributed by atoms with E-state index in [0.29, 0.717) is 12.1 Å². The summed E-state index contributed by atoms with van der Waals surface area (Å²) in [5.74, 6) is 0. The first kappa shape index (κ1) is 14.0. The van der Waals surface area contributed by atoms with Gasteiger partial charge in [-0.05, 0) is 38.8 Å². The predicted octanol–water partition coefficient (Wildman–Crippen LogP) is 2.19. The summed E-state index contributed by atoms with van der Waals surface area (Å²) in [5.41, 5.74) is 1.59. The standard InChI is InChI=1S/C15H28N2O/c1-3-16-15(13-8-6-5-7-9-13)14-12-17(4-2)10-11-18-14/h8,14-16H,3-7,9-12H2,1-2H3. The molecule has 0 amide bonds. The molecule has 18 heavy (non-hydrogen) atoms. The first-order valence-corrected chi connectivity index (χ1v) is 7.61. The molecule has 2 unspecified atom stereocenters. The molecule has 1 fully saturated rings. The highest BCUT2D eigenvalue weighted by atomic mass is 16.5. The second kappa shape index (κ2) is 7.27. The average Bonchev–Trinajstić information content (AvgIpc) is 2.46. The van der Waals surface area contributed by atoms with Crippen LogP contribution in [0.4, 0.5) is 0 Å². The van der Waals surface area contributed by atoms with E-state index in [1.807, 2.05) is 0 Å². The lowest BCUT2D eigenvalue weighted by molar-refractivity contribution is -0.0392. The molecule has 0 aromatic carbocycles. The van der Waals surface area contributed by atoms with Gasteiger partial charge in [0.2, 0.25) is 0 Å². The third kappa shape index (κ3) is 3.56. The monoisotopic (exact) mass is 252 g/mol. The van der Waals surface area contributed by atoms with Crippen LogP contribution in [0.15, 0.2) is 11.6 Å². The van der Waals surface area contributed by atoms with Gasteiger partial charge in [0, 0.05) is 13.1 Å². The molecule has 2 aliphatic rings. The number of likely N-dealkylation sites (N-methyl/N-ethyl adjacent to an activating group) is 2. The van der Waals surface area contributed by atoms with Crippen molar-refractivity contribution in [1.82, 2.24) is 10.2 Å². The topological polar surface area (TPSA) is 24.5 Å². The SMILES string of the molecule is CCNC(C1=CCCCC1)C1CN(CC)CCO1. The minimum absolute atomic E-state index is 0.336. The summed E-state index contributed by atoms with van der Waals surface area (Å²) in [6.07, 6.45) is 7.99. The van der Waals surface area contributed by atoms with Crippen molar-refractivity contribution >= 4 is 0 Å². The maximum atomic E-state index is 6.03. The van der Waals surface area contributed by atoms with Crippen molar-refractivity contribution in [1.29, 1.82) is 0 Å². The summed E-state index contributed by atoms with van der Waals surface area (Å²) >= 11 is 0. The number of nitrogens with one attached hydrogen (secondary N) is 1. The van der Waals surface area contributed by atoms with Crippen molar-refractivity contribution in [3.05, 3.63) is 11.6 Å². The summed E-state index contributed by atoms with van der Waals surface area (Å²) in [5, 5.41) is 3.65. The van der Waals surface area contributed by atoms with Crippen LogP contribution >= 0.6 is 0 Å². The highest BCUT2D eigenvalue weighted by Crippen LogP contribution is 2.24. The smallest absolute Gasteiger partial charge is 0.0893 e. The summed E-state index contributed by atoms with van der Waals surface area (Å²) < 4.78 is 6.03. The van der Waals surface area contributed by atoms with Crippen LogP contribution in [0, 0.1) is 0 Å². The van der Waals surface area contributed by atoms with Gasteiger partial charge in [0.25, 0.3) is 0 Å². The first-order valence-electron chi connectivity index (χ1n) is 7.61. The van der Waals surface area contributed by atoms with Gasteiger partial charge in [-0.2, -0.15) is 0 Å². The number of rotatable bonds is 5. The Bertz CT molecular complexity index is 278. The number of allylic oxidation sites excluding steroid dienone is 1. The minimum Gasteiger partial charge on any atom is -0.374 e. The van der Waals surface area contributed by atoms with Crippen LogP contribution in [0.2, 0.25) is 0 Å². The molecule has 0 aromatic heterocycles. The Morgan fingerprint density at radius 1 is 1.44 bits per heavy atom. The van der Waals surface area contributed by atoms with Gasteiger partial charge < -0.3 is 10.1 Å². The molecule has 0 saturated carbocycles. The van der Waals surface area contributed by atoms with E-state index in [1.165, 1.54) is 25.7 Å². The van der Waals surface area contributed by atoms with Gasteiger partial charge in [-0.3, -0.25) is 4.90 Å². The van der Waals surface area contributed by atoms with Crippen LogP contribution < -0.4 is 5.32 Å². The fraction of sp³-hybridized carbons (Fsp3) is 0.867. The van der Waals surface area contributed by atoms with Crippen molar-refractivity contribution in [2.75, 3.05) is 32.8 Å². The molecule has 1 heterocycles. The van der Waals surface area contributed by atoms with Crippen molar-refractivity contribution in [2.45, 2.75) is 51.7 Å². The highest BCUT2D eigenvalue weighted by molar-refractivity contribution is 5.16. The molecule has 0 bridgehead atoms. The van der Waals surface area contributed by atoms with Crippen LogP contribution in [0.1, 0.15) is 39.5 Å². The maximum Gasteiger partial charge on any atom is 0.0893 e. The lowest BCUT2D eigenvalue weighted by Crippen LogP contribution is -2.53. The Labute approximate surface area is 112 Å². The van der Waals surface area contributed by atoms with E-state index in [0.717, 1.165) is 32.8 Å². The van der Waals surface area contributed by atoms with E-state index in [4.69, 9.17) is 4.74 Å². The Hall–Kier alpha value is -0.380. The second-order valence-corrected chi connectivity index (χ2v) is 5.36. The van der Waals surface area contributed by atoms with Gasteiger partial charge in [-0.1, -0.05) is 25.5 Å². The molecule has 0 radical (unpaired) electrons. The number of nitrogens with zero attached hydrogens (tertiary/aromatic N) is 1. The van der Waals surface area contributed by atoms with Gasteiger partial charge >= 0.3 is 0 Å². The van der Waals surface area contributed by atoms with E-state index < -0.39 is 0 Å². The van der Waals surface area contributed by atoms with Crippen molar-refractivity contribution < 1.29 is 4.74 Å². The minimum atomic E-state index is 0.336. The molecule has 1 aliphatic carbocycles. The van der Waals surface area contributed by atoms with E-state index >= 15 is 0 Å². The number of morpholine rings is 1. The van der Waals surface area contributed by atoms with Crippen LogP contribution in [0.5, 0.6) is 0 Å². The molecule has 0 spiro atoms. The van der Waals surface area contributed by atoms with Crippen LogP contribution in [0.3, 0.4) is 0 Å². The average molecular weight is 252 g/mol. The molecule has 0 aromatic rings. The number of hydrogen-bond donors (Lipinski definition) is 1. The van der Waals surface area contributed by atoms with E-state index in [-0.39, 0.29) is 0 Å². The lowest BCUT2D eigenvalue weighted by Gasteiger charge is -2.38. The normalized spacial score (nSPS) is 27.9. The fourth-order valence-corrected chi connectivity index (χ4v) is 3.09. The summed E-state index contributed by atoms with van der Waals surface area (Å²) in [6, 6.07) is 0.435. The second-order valence-electron chi connectivity index (χ2n) is 5.36. The molecule has 3 heteroatoms. The predicted molar refractivity (Wildman–Crippen MR) is 75.9 cm³/mol. The molecular weight excluding hydrogens is 224 g/mol. The molecule has 104 valence electrons. The van der Waals surface area contributed by atoms with E-state index in [2.05, 4.69) is 30.1 Å². The zero-order valence-electron chi connectivity index (χ0n) is 12.0. The zero-order valence-corrected chi connectivity index (χ0v) is 12.0. The Balaban J connectivity index is 2.01. The van der Waals surface area contributed by atoms with Gasteiger partial charge in [0.15, 0.2) is 0 Å². The van der Waals surface area contributed by atoms with E-state index in [1.54, 1.807) is 5.57 Å². The Morgan fingerprint density at radius 2 is 2.33 bits per heavy atom.